The lowest BCUT2D eigenvalue weighted by atomic mass is 9.53. The van der Waals surface area contributed by atoms with Gasteiger partial charge in [-0.05, 0) is 42.5 Å². The van der Waals surface area contributed by atoms with E-state index in [4.69, 9.17) is 19.9 Å². The van der Waals surface area contributed by atoms with Gasteiger partial charge in [0.25, 0.3) is 5.91 Å². The molecule has 1 fully saturated rings. The number of methoxy groups -OCH3 is 1. The number of hydrogen-bond acceptors (Lipinski definition) is 8. The first-order valence-electron chi connectivity index (χ1n) is 9.68. The number of rotatable bonds is 2. The molecule has 1 spiro atoms. The second-order valence-electron chi connectivity index (χ2n) is 7.72. The number of fused-ring (bicyclic) bond motifs is 3. The summed E-state index contributed by atoms with van der Waals surface area (Å²) in [5.74, 6) is -0.815. The number of nitrogens with two attached hydrogens (primary N) is 1. The summed E-state index contributed by atoms with van der Waals surface area (Å²) in [6.45, 7) is 0.593. The van der Waals surface area contributed by atoms with Gasteiger partial charge >= 0.3 is 0 Å². The summed E-state index contributed by atoms with van der Waals surface area (Å²) in [6, 6.07) is 11.7. The second kappa shape index (κ2) is 5.96. The highest BCUT2D eigenvalue weighted by atomic mass is 16.8. The van der Waals surface area contributed by atoms with Crippen LogP contribution in [0.1, 0.15) is 30.9 Å². The summed E-state index contributed by atoms with van der Waals surface area (Å²) < 4.78 is 17.2. The van der Waals surface area contributed by atoms with Crippen LogP contribution in [0.5, 0.6) is 5.75 Å². The van der Waals surface area contributed by atoms with Crippen molar-refractivity contribution in [2.24, 2.45) is 21.6 Å². The van der Waals surface area contributed by atoms with E-state index in [9.17, 15) is 10.5 Å². The van der Waals surface area contributed by atoms with E-state index in [-0.39, 0.29) is 5.84 Å². The Balaban J connectivity index is 1.79. The summed E-state index contributed by atoms with van der Waals surface area (Å²) in [5.41, 5.74) is 6.14. The highest BCUT2D eigenvalue weighted by Gasteiger charge is 2.80. The van der Waals surface area contributed by atoms with E-state index >= 15 is 0 Å². The minimum absolute atomic E-state index is 0.0650. The Morgan fingerprint density at radius 1 is 1.17 bits per heavy atom. The standard InChI is InChI=1S/C21H21N5O3/c1-27-14-7-5-13(6-8-14)17-19(11-22)18(24)26-21(28-9-10-29-21)20(19,12-23)15-3-2-4-16(15)25-17/h5-8,17,25H,2-4,9-10H2,1H3,(H2,24,26)/t17-,19-,20+/m0/s1. The van der Waals surface area contributed by atoms with Crippen molar-refractivity contribution in [3.63, 3.8) is 0 Å². The molecule has 29 heavy (non-hydrogen) atoms. The van der Waals surface area contributed by atoms with Crippen LogP contribution < -0.4 is 15.8 Å². The van der Waals surface area contributed by atoms with Crippen LogP contribution in [0.2, 0.25) is 0 Å². The molecule has 1 aromatic rings. The van der Waals surface area contributed by atoms with Gasteiger partial charge in [0.2, 0.25) is 0 Å². The van der Waals surface area contributed by atoms with Crippen molar-refractivity contribution in [3.05, 3.63) is 41.1 Å². The van der Waals surface area contributed by atoms with Crippen LogP contribution in [-0.4, -0.2) is 32.1 Å². The molecule has 5 rings (SSSR count). The van der Waals surface area contributed by atoms with Crippen LogP contribution in [0, 0.1) is 33.5 Å². The molecular weight excluding hydrogens is 370 g/mol. The smallest absolute Gasteiger partial charge is 0.297 e. The third kappa shape index (κ3) is 1.91. The molecule has 1 aliphatic carbocycles. The number of hydrogen-bond donors (Lipinski definition) is 2. The van der Waals surface area contributed by atoms with E-state index in [2.05, 4.69) is 22.4 Å². The van der Waals surface area contributed by atoms with Gasteiger partial charge in [-0.15, -0.1) is 0 Å². The first kappa shape index (κ1) is 18.0. The number of amidine groups is 1. The maximum absolute atomic E-state index is 10.6. The van der Waals surface area contributed by atoms with E-state index in [0.717, 1.165) is 29.7 Å². The Hall–Kier alpha value is -3.07. The van der Waals surface area contributed by atoms with Gasteiger partial charge in [0.15, 0.2) is 10.8 Å². The fourth-order valence-electron chi connectivity index (χ4n) is 5.41. The Morgan fingerprint density at radius 2 is 1.90 bits per heavy atom. The van der Waals surface area contributed by atoms with Crippen molar-refractivity contribution in [3.8, 4) is 17.9 Å². The van der Waals surface area contributed by atoms with Gasteiger partial charge in [0.05, 0.1) is 38.5 Å². The van der Waals surface area contributed by atoms with Crippen LogP contribution in [0.4, 0.5) is 0 Å². The minimum atomic E-state index is -1.58. The lowest BCUT2D eigenvalue weighted by Crippen LogP contribution is -2.63. The number of ether oxygens (including phenoxy) is 3. The monoisotopic (exact) mass is 391 g/mol. The first-order valence-corrected chi connectivity index (χ1v) is 9.68. The molecule has 0 bridgehead atoms. The van der Waals surface area contributed by atoms with Crippen LogP contribution in [0.25, 0.3) is 0 Å². The Morgan fingerprint density at radius 3 is 2.52 bits per heavy atom. The van der Waals surface area contributed by atoms with Gasteiger partial charge in [-0.3, -0.25) is 0 Å². The number of aliphatic imine (C=N–C) groups is 1. The van der Waals surface area contributed by atoms with Gasteiger partial charge in [-0.25, -0.2) is 4.99 Å². The highest BCUT2D eigenvalue weighted by Crippen LogP contribution is 2.68. The maximum Gasteiger partial charge on any atom is 0.297 e. The molecule has 3 N–H and O–H groups in total. The summed E-state index contributed by atoms with van der Waals surface area (Å²) in [5, 5.41) is 24.7. The van der Waals surface area contributed by atoms with Crippen LogP contribution in [0.15, 0.2) is 40.5 Å². The van der Waals surface area contributed by atoms with Gasteiger partial charge in [0.1, 0.15) is 11.6 Å². The average molecular weight is 391 g/mol. The maximum atomic E-state index is 10.6. The Labute approximate surface area is 168 Å². The lowest BCUT2D eigenvalue weighted by molar-refractivity contribution is -0.212. The predicted octanol–water partition coefficient (Wildman–Crippen LogP) is 1.87. The summed E-state index contributed by atoms with van der Waals surface area (Å²) >= 11 is 0. The lowest BCUT2D eigenvalue weighted by Gasteiger charge is -2.50. The molecule has 1 saturated heterocycles. The van der Waals surface area contributed by atoms with Crippen molar-refractivity contribution < 1.29 is 14.2 Å². The molecule has 8 heteroatoms. The van der Waals surface area contributed by atoms with Crippen LogP contribution in [-0.2, 0) is 9.47 Å². The molecule has 3 aliphatic heterocycles. The average Bonchev–Trinajstić information content (AvgIpc) is 3.46. The van der Waals surface area contributed by atoms with E-state index < -0.39 is 22.8 Å². The van der Waals surface area contributed by atoms with Crippen molar-refractivity contribution in [1.29, 1.82) is 10.5 Å². The third-order valence-corrected chi connectivity index (χ3v) is 6.63. The molecule has 8 nitrogen and oxygen atoms in total. The zero-order chi connectivity index (χ0) is 20.3. The minimum Gasteiger partial charge on any atom is -0.497 e. The summed E-state index contributed by atoms with van der Waals surface area (Å²) in [4.78, 5) is 4.53. The molecule has 0 aromatic heterocycles. The SMILES string of the molecule is COc1ccc([C@@H]2NC3=C(CCC3)[C@@]3(C#N)C4(N=C(N)[C@]23C#N)OCCO4)cc1. The molecule has 0 saturated carbocycles. The fourth-order valence-corrected chi connectivity index (χ4v) is 5.41. The molecule has 3 atom stereocenters. The molecule has 3 heterocycles. The van der Waals surface area contributed by atoms with Crippen LogP contribution >= 0.6 is 0 Å². The largest absolute Gasteiger partial charge is 0.497 e. The van der Waals surface area contributed by atoms with Gasteiger partial charge in [0, 0.05) is 5.70 Å². The fraction of sp³-hybridized carbons (Fsp3) is 0.476. The molecule has 4 aliphatic rings. The number of allylic oxidation sites excluding steroid dienone is 1. The van der Waals surface area contributed by atoms with Gasteiger partial charge < -0.3 is 25.3 Å². The van der Waals surface area contributed by atoms with Crippen molar-refractivity contribution in [2.75, 3.05) is 20.3 Å². The molecule has 1 aromatic carbocycles. The third-order valence-electron chi connectivity index (χ3n) is 6.63. The number of benzene rings is 1. The van der Waals surface area contributed by atoms with E-state index in [1.807, 2.05) is 24.3 Å². The highest BCUT2D eigenvalue weighted by molar-refractivity contribution is 5.96. The normalized spacial score (nSPS) is 34.0. The quantitative estimate of drug-likeness (QED) is 0.788. The Bertz CT molecular complexity index is 1010. The predicted molar refractivity (Wildman–Crippen MR) is 102 cm³/mol. The van der Waals surface area contributed by atoms with Gasteiger partial charge in [-0.2, -0.15) is 10.5 Å². The topological polar surface area (TPSA) is 126 Å². The van der Waals surface area contributed by atoms with E-state index in [1.165, 1.54) is 0 Å². The Kier molecular flexibility index (Phi) is 3.70. The van der Waals surface area contributed by atoms with Crippen molar-refractivity contribution in [2.45, 2.75) is 31.2 Å². The van der Waals surface area contributed by atoms with E-state index in [0.29, 0.717) is 25.4 Å². The molecule has 148 valence electrons. The zero-order valence-corrected chi connectivity index (χ0v) is 16.1. The number of nitriles is 2. The molecular formula is C21H21N5O3. The van der Waals surface area contributed by atoms with Gasteiger partial charge in [-0.1, -0.05) is 12.1 Å². The van der Waals surface area contributed by atoms with Crippen molar-refractivity contribution in [1.82, 2.24) is 5.32 Å². The molecule has 0 unspecified atom stereocenters. The van der Waals surface area contributed by atoms with Crippen molar-refractivity contribution >= 4 is 5.84 Å². The first-order chi connectivity index (χ1) is 14.1. The van der Waals surface area contributed by atoms with E-state index in [1.54, 1.807) is 7.11 Å². The summed E-state index contributed by atoms with van der Waals surface area (Å²) in [6.07, 6.45) is 2.35. The number of nitrogens with zero attached hydrogens (tertiary/aromatic N) is 3. The second-order valence-corrected chi connectivity index (χ2v) is 7.72. The van der Waals surface area contributed by atoms with Crippen LogP contribution in [0.3, 0.4) is 0 Å². The summed E-state index contributed by atoms with van der Waals surface area (Å²) in [7, 11) is 1.60. The number of nitrogens with one attached hydrogen (secondary N) is 1. The zero-order valence-electron chi connectivity index (χ0n) is 16.1. The molecule has 0 amide bonds. The molecule has 0 radical (unpaired) electrons.